The molecule has 0 aliphatic carbocycles. The second kappa shape index (κ2) is 9.19. The van der Waals surface area contributed by atoms with Gasteiger partial charge in [0, 0.05) is 47.5 Å². The van der Waals surface area contributed by atoms with Crippen molar-refractivity contribution in [2.45, 2.75) is 27.7 Å². The first-order valence-corrected chi connectivity index (χ1v) is 9.84. The zero-order valence-electron chi connectivity index (χ0n) is 17.4. The zero-order valence-corrected chi connectivity index (χ0v) is 17.4. The van der Waals surface area contributed by atoms with Crippen LogP contribution in [-0.2, 0) is 0 Å². The van der Waals surface area contributed by atoms with E-state index < -0.39 is 0 Å². The molecule has 0 amide bonds. The number of anilines is 5. The van der Waals surface area contributed by atoms with Crippen molar-refractivity contribution in [3.63, 3.8) is 0 Å². The minimum atomic E-state index is 0.0306. The molecule has 0 atom stereocenters. The third kappa shape index (κ3) is 5.31. The Kier molecular flexibility index (Phi) is 6.44. The van der Waals surface area contributed by atoms with E-state index in [1.54, 1.807) is 13.0 Å². The summed E-state index contributed by atoms with van der Waals surface area (Å²) in [6, 6.07) is 17.5. The molecule has 150 valence electrons. The first-order chi connectivity index (χ1) is 14.0. The lowest BCUT2D eigenvalue weighted by atomic mass is 10.1. The van der Waals surface area contributed by atoms with Gasteiger partial charge in [-0.2, -0.15) is 4.98 Å². The molecule has 0 fully saturated rings. The van der Waals surface area contributed by atoms with Gasteiger partial charge in [-0.05, 0) is 64.1 Å². The number of nitrogens with zero attached hydrogens (tertiary/aromatic N) is 3. The van der Waals surface area contributed by atoms with Crippen molar-refractivity contribution in [1.29, 1.82) is 0 Å². The van der Waals surface area contributed by atoms with Gasteiger partial charge in [-0.25, -0.2) is 4.98 Å². The highest BCUT2D eigenvalue weighted by atomic mass is 16.1. The summed E-state index contributed by atoms with van der Waals surface area (Å²) in [7, 11) is 0. The Morgan fingerprint density at radius 3 is 2.31 bits per heavy atom. The average Bonchev–Trinajstić information content (AvgIpc) is 2.70. The van der Waals surface area contributed by atoms with Crippen LogP contribution in [0.15, 0.2) is 54.6 Å². The molecular formula is C23H27N5O. The fraction of sp³-hybridized carbons (Fsp3) is 0.261. The fourth-order valence-corrected chi connectivity index (χ4v) is 3.13. The third-order valence-electron chi connectivity index (χ3n) is 4.65. The molecule has 0 radical (unpaired) electrons. The number of carbonyl (C=O) groups is 1. The van der Waals surface area contributed by atoms with Gasteiger partial charge in [-0.3, -0.25) is 4.79 Å². The van der Waals surface area contributed by atoms with Crippen LogP contribution in [0.1, 0.15) is 36.8 Å². The SMILES string of the molecule is CCN(CC)c1ccc(Nc2nc(C)cc(Nc3cccc(C(C)=O)c3)n2)cc1. The van der Waals surface area contributed by atoms with Gasteiger partial charge in [0.25, 0.3) is 0 Å². The molecule has 6 heteroatoms. The molecule has 2 aromatic carbocycles. The van der Waals surface area contributed by atoms with Crippen molar-refractivity contribution in [3.05, 3.63) is 65.9 Å². The molecule has 1 heterocycles. The van der Waals surface area contributed by atoms with Crippen LogP contribution < -0.4 is 15.5 Å². The Labute approximate surface area is 172 Å². The van der Waals surface area contributed by atoms with Crippen LogP contribution in [0.2, 0.25) is 0 Å². The van der Waals surface area contributed by atoms with E-state index in [0.29, 0.717) is 17.3 Å². The molecule has 3 rings (SSSR count). The van der Waals surface area contributed by atoms with Gasteiger partial charge in [0.2, 0.25) is 5.95 Å². The lowest BCUT2D eigenvalue weighted by Gasteiger charge is -2.21. The molecule has 0 bridgehead atoms. The van der Waals surface area contributed by atoms with Crippen molar-refractivity contribution < 1.29 is 4.79 Å². The summed E-state index contributed by atoms with van der Waals surface area (Å²) in [5.41, 5.74) is 4.43. The van der Waals surface area contributed by atoms with Gasteiger partial charge in [0.05, 0.1) is 0 Å². The molecule has 1 aromatic heterocycles. The third-order valence-corrected chi connectivity index (χ3v) is 4.65. The van der Waals surface area contributed by atoms with Crippen LogP contribution in [0.5, 0.6) is 0 Å². The number of nitrogens with one attached hydrogen (secondary N) is 2. The number of aryl methyl sites for hydroxylation is 1. The molecule has 0 saturated carbocycles. The van der Waals surface area contributed by atoms with Gasteiger partial charge < -0.3 is 15.5 Å². The monoisotopic (exact) mass is 389 g/mol. The topological polar surface area (TPSA) is 70.2 Å². The van der Waals surface area contributed by atoms with Crippen LogP contribution in [0.25, 0.3) is 0 Å². The number of ketones is 1. The second-order valence-electron chi connectivity index (χ2n) is 6.82. The van der Waals surface area contributed by atoms with E-state index in [1.165, 1.54) is 5.69 Å². The van der Waals surface area contributed by atoms with E-state index in [0.717, 1.165) is 30.2 Å². The molecule has 0 aliphatic heterocycles. The zero-order chi connectivity index (χ0) is 20.8. The highest BCUT2D eigenvalue weighted by Crippen LogP contribution is 2.22. The van der Waals surface area contributed by atoms with Gasteiger partial charge in [-0.1, -0.05) is 12.1 Å². The quantitative estimate of drug-likeness (QED) is 0.508. The first kappa shape index (κ1) is 20.3. The van der Waals surface area contributed by atoms with Crippen LogP contribution in [0.3, 0.4) is 0 Å². The lowest BCUT2D eigenvalue weighted by Crippen LogP contribution is -2.21. The number of hydrogen-bond donors (Lipinski definition) is 2. The van der Waals surface area contributed by atoms with E-state index in [4.69, 9.17) is 0 Å². The molecule has 29 heavy (non-hydrogen) atoms. The summed E-state index contributed by atoms with van der Waals surface area (Å²) in [6.45, 7) is 9.73. The van der Waals surface area contributed by atoms with Gasteiger partial charge in [-0.15, -0.1) is 0 Å². The minimum Gasteiger partial charge on any atom is -0.372 e. The maximum Gasteiger partial charge on any atom is 0.229 e. The van der Waals surface area contributed by atoms with Gasteiger partial charge in [0.15, 0.2) is 5.78 Å². The predicted octanol–water partition coefficient (Wildman–Crippen LogP) is 5.32. The lowest BCUT2D eigenvalue weighted by molar-refractivity contribution is 0.101. The standard InChI is InChI=1S/C23H27N5O/c1-5-28(6-2)21-12-10-19(11-13-21)26-23-24-16(3)14-22(27-23)25-20-9-7-8-18(15-20)17(4)29/h7-15H,5-6H2,1-4H3,(H2,24,25,26,27). The van der Waals surface area contributed by atoms with Crippen molar-refractivity contribution in [2.75, 3.05) is 28.6 Å². The number of Topliss-reactive ketones (excluding diaryl/α,β-unsaturated/α-hetero) is 1. The van der Waals surface area contributed by atoms with E-state index in [9.17, 15) is 4.79 Å². The highest BCUT2D eigenvalue weighted by molar-refractivity contribution is 5.95. The van der Waals surface area contributed by atoms with E-state index in [1.807, 2.05) is 43.3 Å². The number of aromatic nitrogens is 2. The predicted molar refractivity (Wildman–Crippen MR) is 120 cm³/mol. The minimum absolute atomic E-state index is 0.0306. The smallest absolute Gasteiger partial charge is 0.229 e. The average molecular weight is 390 g/mol. The number of carbonyl (C=O) groups excluding carboxylic acids is 1. The van der Waals surface area contributed by atoms with Crippen LogP contribution in [0, 0.1) is 6.92 Å². The van der Waals surface area contributed by atoms with Crippen LogP contribution in [0.4, 0.5) is 28.8 Å². The maximum atomic E-state index is 11.6. The van der Waals surface area contributed by atoms with Crippen molar-refractivity contribution in [2.24, 2.45) is 0 Å². The molecule has 6 nitrogen and oxygen atoms in total. The summed E-state index contributed by atoms with van der Waals surface area (Å²) >= 11 is 0. The molecule has 0 spiro atoms. The second-order valence-corrected chi connectivity index (χ2v) is 6.82. The Balaban J connectivity index is 1.77. The van der Waals surface area contributed by atoms with E-state index in [2.05, 4.69) is 51.5 Å². The number of benzene rings is 2. The molecule has 0 unspecified atom stereocenters. The Bertz CT molecular complexity index is 981. The van der Waals surface area contributed by atoms with Crippen molar-refractivity contribution in [3.8, 4) is 0 Å². The maximum absolute atomic E-state index is 11.6. The van der Waals surface area contributed by atoms with Crippen LogP contribution >= 0.6 is 0 Å². The van der Waals surface area contributed by atoms with Gasteiger partial charge in [0.1, 0.15) is 5.82 Å². The highest BCUT2D eigenvalue weighted by Gasteiger charge is 2.06. The Hall–Kier alpha value is -3.41. The number of rotatable bonds is 8. The molecule has 0 saturated heterocycles. The summed E-state index contributed by atoms with van der Waals surface area (Å²) in [5.74, 6) is 1.22. The Morgan fingerprint density at radius 1 is 0.931 bits per heavy atom. The summed E-state index contributed by atoms with van der Waals surface area (Å²) < 4.78 is 0. The van der Waals surface area contributed by atoms with Crippen molar-refractivity contribution in [1.82, 2.24) is 9.97 Å². The van der Waals surface area contributed by atoms with E-state index >= 15 is 0 Å². The summed E-state index contributed by atoms with van der Waals surface area (Å²) in [6.07, 6.45) is 0. The summed E-state index contributed by atoms with van der Waals surface area (Å²) in [4.78, 5) is 22.9. The Morgan fingerprint density at radius 2 is 1.66 bits per heavy atom. The largest absolute Gasteiger partial charge is 0.372 e. The first-order valence-electron chi connectivity index (χ1n) is 9.84. The number of hydrogen-bond acceptors (Lipinski definition) is 6. The van der Waals surface area contributed by atoms with E-state index in [-0.39, 0.29) is 5.78 Å². The molecular weight excluding hydrogens is 362 g/mol. The summed E-state index contributed by atoms with van der Waals surface area (Å²) in [5, 5.41) is 6.52. The molecule has 3 aromatic rings. The molecule has 2 N–H and O–H groups in total. The normalized spacial score (nSPS) is 10.5. The fourth-order valence-electron chi connectivity index (χ4n) is 3.13. The van der Waals surface area contributed by atoms with Crippen molar-refractivity contribution >= 4 is 34.6 Å². The van der Waals surface area contributed by atoms with Gasteiger partial charge >= 0.3 is 0 Å². The molecule has 0 aliphatic rings. The van der Waals surface area contributed by atoms with Crippen LogP contribution in [-0.4, -0.2) is 28.8 Å².